The number of hydrogen-bond acceptors (Lipinski definition) is 4. The SMILES string of the molecule is O=C(c1ccc(Nc2nccc(-c3ccc(Cl)cc3)n2)cc1)N1CCCCC1. The second kappa shape index (κ2) is 8.40. The van der Waals surface area contributed by atoms with Gasteiger partial charge < -0.3 is 10.2 Å². The lowest BCUT2D eigenvalue weighted by Crippen LogP contribution is -2.35. The van der Waals surface area contributed by atoms with Gasteiger partial charge in [-0.25, -0.2) is 9.97 Å². The van der Waals surface area contributed by atoms with Crippen LogP contribution in [0.15, 0.2) is 60.8 Å². The molecule has 28 heavy (non-hydrogen) atoms. The zero-order valence-corrected chi connectivity index (χ0v) is 16.2. The fourth-order valence-electron chi connectivity index (χ4n) is 3.31. The van der Waals surface area contributed by atoms with Crippen LogP contribution in [0.4, 0.5) is 11.6 Å². The van der Waals surface area contributed by atoms with Crippen molar-refractivity contribution >= 4 is 29.1 Å². The number of halogens is 1. The first-order valence-corrected chi connectivity index (χ1v) is 9.82. The predicted molar refractivity (Wildman–Crippen MR) is 112 cm³/mol. The first kappa shape index (κ1) is 18.4. The summed E-state index contributed by atoms with van der Waals surface area (Å²) in [5.74, 6) is 0.606. The normalized spacial score (nSPS) is 14.0. The number of hydrogen-bond donors (Lipinski definition) is 1. The Balaban J connectivity index is 1.46. The van der Waals surface area contributed by atoms with Gasteiger partial charge in [-0.1, -0.05) is 23.7 Å². The monoisotopic (exact) mass is 392 g/mol. The molecule has 0 saturated carbocycles. The van der Waals surface area contributed by atoms with Gasteiger partial charge in [0.2, 0.25) is 5.95 Å². The molecule has 4 rings (SSSR count). The summed E-state index contributed by atoms with van der Waals surface area (Å²) in [6.45, 7) is 1.70. The number of nitrogens with zero attached hydrogens (tertiary/aromatic N) is 3. The summed E-state index contributed by atoms with van der Waals surface area (Å²) in [4.78, 5) is 23.3. The zero-order chi connectivity index (χ0) is 19.3. The highest BCUT2D eigenvalue weighted by Gasteiger charge is 2.17. The lowest BCUT2D eigenvalue weighted by Gasteiger charge is -2.26. The molecule has 0 unspecified atom stereocenters. The molecular formula is C22H21ClN4O. The molecule has 1 fully saturated rings. The van der Waals surface area contributed by atoms with E-state index < -0.39 is 0 Å². The quantitative estimate of drug-likeness (QED) is 0.665. The van der Waals surface area contributed by atoms with Crippen LogP contribution in [0.2, 0.25) is 5.02 Å². The van der Waals surface area contributed by atoms with E-state index >= 15 is 0 Å². The van der Waals surface area contributed by atoms with Crippen LogP contribution in [0.25, 0.3) is 11.3 Å². The van der Waals surface area contributed by atoms with E-state index in [9.17, 15) is 4.79 Å². The molecule has 0 aliphatic carbocycles. The van der Waals surface area contributed by atoms with Crippen LogP contribution >= 0.6 is 11.6 Å². The van der Waals surface area contributed by atoms with E-state index in [1.807, 2.05) is 59.5 Å². The van der Waals surface area contributed by atoms with Crippen LogP contribution < -0.4 is 5.32 Å². The molecular weight excluding hydrogens is 372 g/mol. The lowest BCUT2D eigenvalue weighted by atomic mass is 10.1. The van der Waals surface area contributed by atoms with Crippen molar-refractivity contribution in [2.75, 3.05) is 18.4 Å². The maximum absolute atomic E-state index is 12.6. The molecule has 3 aromatic rings. The highest BCUT2D eigenvalue weighted by atomic mass is 35.5. The average Bonchev–Trinajstić information content (AvgIpc) is 2.75. The van der Waals surface area contributed by atoms with Gasteiger partial charge in [-0.15, -0.1) is 0 Å². The van der Waals surface area contributed by atoms with Crippen LogP contribution in [-0.2, 0) is 0 Å². The molecule has 6 heteroatoms. The number of likely N-dealkylation sites (tertiary alicyclic amines) is 1. The van der Waals surface area contributed by atoms with Gasteiger partial charge in [-0.3, -0.25) is 4.79 Å². The summed E-state index contributed by atoms with van der Waals surface area (Å²) in [6, 6.07) is 16.9. The number of benzene rings is 2. The van der Waals surface area contributed by atoms with E-state index in [0.29, 0.717) is 16.5 Å². The van der Waals surface area contributed by atoms with Gasteiger partial charge >= 0.3 is 0 Å². The third-order valence-corrected chi connectivity index (χ3v) is 5.08. The van der Waals surface area contributed by atoms with Gasteiger partial charge in [0.05, 0.1) is 5.69 Å². The molecule has 1 aliphatic rings. The molecule has 2 aromatic carbocycles. The molecule has 2 heterocycles. The van der Waals surface area contributed by atoms with Crippen molar-refractivity contribution in [3.05, 3.63) is 71.4 Å². The number of amides is 1. The fourth-order valence-corrected chi connectivity index (χ4v) is 3.43. The minimum atomic E-state index is 0.104. The molecule has 1 aliphatic heterocycles. The Kier molecular flexibility index (Phi) is 5.53. The molecule has 1 saturated heterocycles. The first-order valence-electron chi connectivity index (χ1n) is 9.44. The van der Waals surface area contributed by atoms with Gasteiger partial charge in [-0.2, -0.15) is 0 Å². The summed E-state index contributed by atoms with van der Waals surface area (Å²) in [5, 5.41) is 3.89. The second-order valence-electron chi connectivity index (χ2n) is 6.83. The molecule has 0 radical (unpaired) electrons. The Labute approximate surface area is 169 Å². The number of nitrogens with one attached hydrogen (secondary N) is 1. The maximum atomic E-state index is 12.6. The summed E-state index contributed by atoms with van der Waals surface area (Å²) < 4.78 is 0. The van der Waals surface area contributed by atoms with Crippen LogP contribution in [0.5, 0.6) is 0 Å². The van der Waals surface area contributed by atoms with Crippen molar-refractivity contribution in [1.82, 2.24) is 14.9 Å². The van der Waals surface area contributed by atoms with Gasteiger partial charge in [0, 0.05) is 41.1 Å². The molecule has 1 N–H and O–H groups in total. The topological polar surface area (TPSA) is 58.1 Å². The fraction of sp³-hybridized carbons (Fsp3) is 0.227. The Bertz CT molecular complexity index is 951. The molecule has 0 spiro atoms. The van der Waals surface area contributed by atoms with Gasteiger partial charge in [0.25, 0.3) is 5.91 Å². The maximum Gasteiger partial charge on any atom is 0.253 e. The Morgan fingerprint density at radius 3 is 2.36 bits per heavy atom. The Hall–Kier alpha value is -2.92. The number of rotatable bonds is 4. The van der Waals surface area contributed by atoms with Gasteiger partial charge in [0.15, 0.2) is 0 Å². The van der Waals surface area contributed by atoms with Gasteiger partial charge in [0.1, 0.15) is 0 Å². The van der Waals surface area contributed by atoms with Crippen molar-refractivity contribution in [2.24, 2.45) is 0 Å². The summed E-state index contributed by atoms with van der Waals surface area (Å²) in [6.07, 6.45) is 5.11. The number of carbonyl (C=O) groups is 1. The standard InChI is InChI=1S/C22H21ClN4O/c23-18-8-4-16(5-9-18)20-12-13-24-22(26-20)25-19-10-6-17(7-11-19)21(28)27-14-2-1-3-15-27/h4-13H,1-3,14-15H2,(H,24,25,26). The van der Waals surface area contributed by atoms with E-state index in [-0.39, 0.29) is 5.91 Å². The second-order valence-corrected chi connectivity index (χ2v) is 7.26. The largest absolute Gasteiger partial charge is 0.339 e. The number of carbonyl (C=O) groups excluding carboxylic acids is 1. The minimum Gasteiger partial charge on any atom is -0.339 e. The van der Waals surface area contributed by atoms with E-state index in [4.69, 9.17) is 11.6 Å². The molecule has 5 nitrogen and oxygen atoms in total. The zero-order valence-electron chi connectivity index (χ0n) is 15.4. The van der Waals surface area contributed by atoms with Crippen molar-refractivity contribution in [3.63, 3.8) is 0 Å². The molecule has 142 valence electrons. The van der Waals surface area contributed by atoms with Crippen LogP contribution in [0.3, 0.4) is 0 Å². The number of aromatic nitrogens is 2. The third-order valence-electron chi connectivity index (χ3n) is 4.83. The Morgan fingerprint density at radius 1 is 0.929 bits per heavy atom. The van der Waals surface area contributed by atoms with Crippen LogP contribution in [0.1, 0.15) is 29.6 Å². The van der Waals surface area contributed by atoms with Crippen molar-refractivity contribution < 1.29 is 4.79 Å². The predicted octanol–water partition coefficient (Wildman–Crippen LogP) is 5.17. The van der Waals surface area contributed by atoms with Crippen molar-refractivity contribution in [1.29, 1.82) is 0 Å². The molecule has 0 bridgehead atoms. The van der Waals surface area contributed by atoms with E-state index in [0.717, 1.165) is 42.9 Å². The van der Waals surface area contributed by atoms with Crippen molar-refractivity contribution in [3.8, 4) is 11.3 Å². The minimum absolute atomic E-state index is 0.104. The third kappa shape index (κ3) is 4.31. The highest BCUT2D eigenvalue weighted by Crippen LogP contribution is 2.22. The Morgan fingerprint density at radius 2 is 1.64 bits per heavy atom. The lowest BCUT2D eigenvalue weighted by molar-refractivity contribution is 0.0724. The number of piperidine rings is 1. The summed E-state index contributed by atoms with van der Waals surface area (Å²) in [7, 11) is 0. The van der Waals surface area contributed by atoms with Gasteiger partial charge in [-0.05, 0) is 61.7 Å². The highest BCUT2D eigenvalue weighted by molar-refractivity contribution is 6.30. The molecule has 0 atom stereocenters. The smallest absolute Gasteiger partial charge is 0.253 e. The van der Waals surface area contributed by atoms with E-state index in [2.05, 4.69) is 15.3 Å². The van der Waals surface area contributed by atoms with Crippen LogP contribution in [-0.4, -0.2) is 33.9 Å². The molecule has 1 amide bonds. The first-order chi connectivity index (χ1) is 13.7. The molecule has 1 aromatic heterocycles. The van der Waals surface area contributed by atoms with Crippen LogP contribution in [0, 0.1) is 0 Å². The summed E-state index contributed by atoms with van der Waals surface area (Å²) >= 11 is 5.95. The number of anilines is 2. The summed E-state index contributed by atoms with van der Waals surface area (Å²) in [5.41, 5.74) is 3.33. The average molecular weight is 393 g/mol. The van der Waals surface area contributed by atoms with E-state index in [1.54, 1.807) is 6.20 Å². The van der Waals surface area contributed by atoms with E-state index in [1.165, 1.54) is 6.42 Å². The van der Waals surface area contributed by atoms with Crippen molar-refractivity contribution in [2.45, 2.75) is 19.3 Å².